The van der Waals surface area contributed by atoms with Crippen LogP contribution < -0.4 is 0 Å². The maximum Gasteiger partial charge on any atom is 0.331 e. The van der Waals surface area contributed by atoms with Gasteiger partial charge >= 0.3 is 5.97 Å². The molecule has 0 N–H and O–H groups in total. The Bertz CT molecular complexity index is 208. The molecule has 0 spiro atoms. The van der Waals surface area contributed by atoms with Gasteiger partial charge in [0, 0.05) is 6.08 Å². The molecule has 0 aromatic rings. The van der Waals surface area contributed by atoms with Gasteiger partial charge in [0.2, 0.25) is 0 Å². The first-order chi connectivity index (χ1) is 4.91. The first-order valence-corrected chi connectivity index (χ1v) is 3.84. The number of carbonyl (C=O) groups is 1. The summed E-state index contributed by atoms with van der Waals surface area (Å²) in [5, 5.41) is 0. The zero-order chi connectivity index (χ0) is 8.65. The van der Waals surface area contributed by atoms with Crippen LogP contribution in [0.1, 0.15) is 27.7 Å². The number of hydrogen-bond donors (Lipinski definition) is 0. The van der Waals surface area contributed by atoms with Gasteiger partial charge < -0.3 is 4.74 Å². The summed E-state index contributed by atoms with van der Waals surface area (Å²) in [6.45, 7) is 8.15. The van der Waals surface area contributed by atoms with E-state index < -0.39 is 0 Å². The second-order valence-electron chi connectivity index (χ2n) is 3.93. The highest BCUT2D eigenvalue weighted by molar-refractivity contribution is 5.86. The molecule has 11 heavy (non-hydrogen) atoms. The number of cyclic esters (lactones) is 1. The molecule has 2 nitrogen and oxygen atoms in total. The number of esters is 1. The van der Waals surface area contributed by atoms with Gasteiger partial charge in [0.25, 0.3) is 0 Å². The van der Waals surface area contributed by atoms with Crippen molar-refractivity contribution in [3.63, 3.8) is 0 Å². The van der Waals surface area contributed by atoms with Gasteiger partial charge in [0.1, 0.15) is 6.10 Å². The topological polar surface area (TPSA) is 26.3 Å². The molecule has 0 aromatic heterocycles. The minimum absolute atomic E-state index is 0.0394. The summed E-state index contributed by atoms with van der Waals surface area (Å²) >= 11 is 0. The molecule has 62 valence electrons. The molecule has 0 saturated heterocycles. The molecule has 1 aliphatic rings. The Hall–Kier alpha value is -0.790. The number of rotatable bonds is 0. The van der Waals surface area contributed by atoms with Crippen LogP contribution in [0.4, 0.5) is 0 Å². The van der Waals surface area contributed by atoms with Gasteiger partial charge in [0.05, 0.1) is 0 Å². The van der Waals surface area contributed by atoms with Crippen molar-refractivity contribution in [2.24, 2.45) is 5.41 Å². The summed E-state index contributed by atoms with van der Waals surface area (Å²) in [7, 11) is 0. The van der Waals surface area contributed by atoms with Crippen LogP contribution in [0.3, 0.4) is 0 Å². The molecule has 1 rings (SSSR count). The largest absolute Gasteiger partial charge is 0.455 e. The van der Waals surface area contributed by atoms with Gasteiger partial charge in [-0.25, -0.2) is 4.79 Å². The van der Waals surface area contributed by atoms with Gasteiger partial charge in [0.15, 0.2) is 0 Å². The Labute approximate surface area is 67.2 Å². The van der Waals surface area contributed by atoms with Crippen LogP contribution in [-0.4, -0.2) is 12.1 Å². The minimum Gasteiger partial charge on any atom is -0.455 e. The molecule has 0 aliphatic carbocycles. The monoisotopic (exact) mass is 154 g/mol. The Kier molecular flexibility index (Phi) is 1.78. The molecule has 0 saturated carbocycles. The van der Waals surface area contributed by atoms with E-state index in [1.807, 2.05) is 6.92 Å². The van der Waals surface area contributed by atoms with Crippen molar-refractivity contribution in [3.8, 4) is 0 Å². The zero-order valence-corrected chi connectivity index (χ0v) is 7.47. The minimum atomic E-state index is -0.206. The van der Waals surface area contributed by atoms with E-state index in [0.29, 0.717) is 0 Å². The van der Waals surface area contributed by atoms with Crippen molar-refractivity contribution in [3.05, 3.63) is 11.6 Å². The van der Waals surface area contributed by atoms with Gasteiger partial charge in [-0.1, -0.05) is 20.8 Å². The fourth-order valence-corrected chi connectivity index (χ4v) is 1.34. The quantitative estimate of drug-likeness (QED) is 0.498. The van der Waals surface area contributed by atoms with Gasteiger partial charge in [-0.05, 0) is 17.9 Å². The molecule has 0 radical (unpaired) electrons. The molecule has 0 fully saturated rings. The van der Waals surface area contributed by atoms with E-state index in [1.54, 1.807) is 6.08 Å². The number of carbonyl (C=O) groups excluding carboxylic acids is 1. The van der Waals surface area contributed by atoms with E-state index in [9.17, 15) is 4.79 Å². The van der Waals surface area contributed by atoms with Crippen molar-refractivity contribution in [1.29, 1.82) is 0 Å². The molecule has 1 aliphatic heterocycles. The Morgan fingerprint density at radius 2 is 2.00 bits per heavy atom. The molecule has 1 heterocycles. The van der Waals surface area contributed by atoms with E-state index in [1.165, 1.54) is 0 Å². The van der Waals surface area contributed by atoms with Crippen molar-refractivity contribution >= 4 is 5.97 Å². The first-order valence-electron chi connectivity index (χ1n) is 3.84. The zero-order valence-electron chi connectivity index (χ0n) is 7.47. The summed E-state index contributed by atoms with van der Waals surface area (Å²) in [4.78, 5) is 10.8. The summed E-state index contributed by atoms with van der Waals surface area (Å²) in [5.41, 5.74) is 1.13. The van der Waals surface area contributed by atoms with E-state index in [4.69, 9.17) is 4.74 Å². The highest BCUT2D eigenvalue weighted by atomic mass is 16.5. The SMILES string of the molecule is C[C@H]1OC(=O)C=C1C(C)(C)C. The van der Waals surface area contributed by atoms with Gasteiger partial charge in [-0.3, -0.25) is 0 Å². The molecule has 1 atom stereocenters. The van der Waals surface area contributed by atoms with Crippen LogP contribution in [0.5, 0.6) is 0 Å². The van der Waals surface area contributed by atoms with Gasteiger partial charge in [-0.15, -0.1) is 0 Å². The Morgan fingerprint density at radius 3 is 2.18 bits per heavy atom. The molecular formula is C9H14O2. The molecule has 0 bridgehead atoms. The summed E-state index contributed by atoms with van der Waals surface area (Å²) in [6, 6.07) is 0. The second kappa shape index (κ2) is 2.36. The lowest BCUT2D eigenvalue weighted by Gasteiger charge is -2.22. The summed E-state index contributed by atoms with van der Waals surface area (Å²) < 4.78 is 4.97. The van der Waals surface area contributed by atoms with E-state index in [-0.39, 0.29) is 17.5 Å². The lowest BCUT2D eigenvalue weighted by atomic mass is 9.84. The smallest absolute Gasteiger partial charge is 0.331 e. The fraction of sp³-hybridized carbons (Fsp3) is 0.667. The standard InChI is InChI=1S/C9H14O2/c1-6-7(9(2,3)4)5-8(10)11-6/h5-6H,1-4H3/t6-/m1/s1. The highest BCUT2D eigenvalue weighted by Crippen LogP contribution is 2.32. The third-order valence-electron chi connectivity index (χ3n) is 1.87. The van der Waals surface area contributed by atoms with Crippen molar-refractivity contribution in [2.75, 3.05) is 0 Å². The van der Waals surface area contributed by atoms with Crippen LogP contribution >= 0.6 is 0 Å². The van der Waals surface area contributed by atoms with E-state index in [2.05, 4.69) is 20.8 Å². The van der Waals surface area contributed by atoms with Crippen LogP contribution in [0.25, 0.3) is 0 Å². The number of hydrogen-bond acceptors (Lipinski definition) is 2. The molecule has 0 aromatic carbocycles. The van der Waals surface area contributed by atoms with Gasteiger partial charge in [-0.2, -0.15) is 0 Å². The third kappa shape index (κ3) is 1.62. The predicted octanol–water partition coefficient (Wildman–Crippen LogP) is 1.90. The second-order valence-corrected chi connectivity index (χ2v) is 3.93. The normalized spacial score (nSPS) is 24.9. The first kappa shape index (κ1) is 8.31. The molecule has 2 heteroatoms. The molecular weight excluding hydrogens is 140 g/mol. The van der Waals surface area contributed by atoms with E-state index >= 15 is 0 Å². The number of ether oxygens (including phenoxy) is 1. The van der Waals surface area contributed by atoms with E-state index in [0.717, 1.165) is 5.57 Å². The van der Waals surface area contributed by atoms with Crippen molar-refractivity contribution in [1.82, 2.24) is 0 Å². The predicted molar refractivity (Wildman–Crippen MR) is 43.1 cm³/mol. The Balaban J connectivity index is 2.88. The fourth-order valence-electron chi connectivity index (χ4n) is 1.34. The Morgan fingerprint density at radius 1 is 1.45 bits per heavy atom. The van der Waals surface area contributed by atoms with Crippen molar-refractivity contribution < 1.29 is 9.53 Å². The third-order valence-corrected chi connectivity index (χ3v) is 1.87. The summed E-state index contributed by atoms with van der Waals surface area (Å²) in [6.07, 6.45) is 1.56. The lowest BCUT2D eigenvalue weighted by Crippen LogP contribution is -2.17. The maximum atomic E-state index is 10.8. The van der Waals surface area contributed by atoms with Crippen molar-refractivity contribution in [2.45, 2.75) is 33.8 Å². The average Bonchev–Trinajstić information content (AvgIpc) is 2.08. The highest BCUT2D eigenvalue weighted by Gasteiger charge is 2.30. The lowest BCUT2D eigenvalue weighted by molar-refractivity contribution is -0.138. The molecule has 0 unspecified atom stereocenters. The van der Waals surface area contributed by atoms with Crippen LogP contribution in [0, 0.1) is 5.41 Å². The molecule has 0 amide bonds. The van der Waals surface area contributed by atoms with Crippen LogP contribution in [0.2, 0.25) is 0 Å². The maximum absolute atomic E-state index is 10.8. The average molecular weight is 154 g/mol. The summed E-state index contributed by atoms with van der Waals surface area (Å²) in [5.74, 6) is -0.206. The van der Waals surface area contributed by atoms with Crippen LogP contribution in [0.15, 0.2) is 11.6 Å². The van der Waals surface area contributed by atoms with Crippen LogP contribution in [-0.2, 0) is 9.53 Å².